The standard InChI is InChI=1S/C12H12BrN3O2/c1-9-2-3-10(13)6-11(9)12(17)18-5-4-16-8-14-7-15-16/h2-3,6-8H,4-5H2,1H3. The molecule has 0 N–H and O–H groups in total. The first-order chi connectivity index (χ1) is 8.66. The Bertz CT molecular complexity index is 540. The number of carbonyl (C=O) groups is 1. The maximum absolute atomic E-state index is 11.9. The first kappa shape index (κ1) is 12.8. The van der Waals surface area contributed by atoms with Gasteiger partial charge in [0.15, 0.2) is 0 Å². The van der Waals surface area contributed by atoms with Crippen molar-refractivity contribution in [3.8, 4) is 0 Å². The molecule has 0 aliphatic heterocycles. The van der Waals surface area contributed by atoms with Crippen molar-refractivity contribution < 1.29 is 9.53 Å². The fourth-order valence-corrected chi connectivity index (χ4v) is 1.83. The third-order valence-electron chi connectivity index (χ3n) is 2.44. The molecule has 0 aliphatic rings. The van der Waals surface area contributed by atoms with Crippen LogP contribution in [0.4, 0.5) is 0 Å². The summed E-state index contributed by atoms with van der Waals surface area (Å²) in [4.78, 5) is 15.7. The zero-order valence-electron chi connectivity index (χ0n) is 9.84. The number of ether oxygens (including phenoxy) is 1. The van der Waals surface area contributed by atoms with Gasteiger partial charge in [0.2, 0.25) is 0 Å². The molecule has 2 aromatic rings. The summed E-state index contributed by atoms with van der Waals surface area (Å²) in [6, 6.07) is 5.52. The lowest BCUT2D eigenvalue weighted by atomic mass is 10.1. The van der Waals surface area contributed by atoms with E-state index in [-0.39, 0.29) is 12.6 Å². The number of benzene rings is 1. The van der Waals surface area contributed by atoms with E-state index in [4.69, 9.17) is 4.74 Å². The van der Waals surface area contributed by atoms with E-state index in [0.717, 1.165) is 10.0 Å². The van der Waals surface area contributed by atoms with Gasteiger partial charge in [-0.3, -0.25) is 0 Å². The Balaban J connectivity index is 1.93. The summed E-state index contributed by atoms with van der Waals surface area (Å²) in [6.45, 7) is 2.65. The monoisotopic (exact) mass is 309 g/mol. The van der Waals surface area contributed by atoms with Gasteiger partial charge in [-0.15, -0.1) is 0 Å². The quantitative estimate of drug-likeness (QED) is 0.813. The number of nitrogens with zero attached hydrogens (tertiary/aromatic N) is 3. The number of esters is 1. The highest BCUT2D eigenvalue weighted by molar-refractivity contribution is 9.10. The first-order valence-corrected chi connectivity index (χ1v) is 6.22. The van der Waals surface area contributed by atoms with Crippen LogP contribution in [-0.2, 0) is 11.3 Å². The molecule has 2 rings (SSSR count). The molecule has 1 aromatic heterocycles. The number of halogens is 1. The normalized spacial score (nSPS) is 10.3. The van der Waals surface area contributed by atoms with Gasteiger partial charge in [0.1, 0.15) is 19.3 Å². The van der Waals surface area contributed by atoms with Crippen molar-refractivity contribution >= 4 is 21.9 Å². The molecule has 18 heavy (non-hydrogen) atoms. The van der Waals surface area contributed by atoms with E-state index < -0.39 is 0 Å². The fourth-order valence-electron chi connectivity index (χ4n) is 1.47. The summed E-state index contributed by atoms with van der Waals surface area (Å²) in [5.74, 6) is -0.325. The van der Waals surface area contributed by atoms with Gasteiger partial charge in [-0.05, 0) is 24.6 Å². The number of aryl methyl sites for hydroxylation is 1. The van der Waals surface area contributed by atoms with E-state index >= 15 is 0 Å². The van der Waals surface area contributed by atoms with Crippen LogP contribution in [0.2, 0.25) is 0 Å². The van der Waals surface area contributed by atoms with Crippen LogP contribution in [0.1, 0.15) is 15.9 Å². The van der Waals surface area contributed by atoms with Gasteiger partial charge in [-0.1, -0.05) is 22.0 Å². The predicted octanol–water partition coefficient (Wildman–Crippen LogP) is 2.21. The molecule has 0 fully saturated rings. The lowest BCUT2D eigenvalue weighted by Gasteiger charge is -2.07. The second-order valence-corrected chi connectivity index (χ2v) is 4.67. The van der Waals surface area contributed by atoms with Crippen LogP contribution in [0.5, 0.6) is 0 Å². The molecular weight excluding hydrogens is 298 g/mol. The van der Waals surface area contributed by atoms with E-state index in [9.17, 15) is 4.79 Å². The number of hydrogen-bond donors (Lipinski definition) is 0. The molecule has 0 unspecified atom stereocenters. The first-order valence-electron chi connectivity index (χ1n) is 5.42. The van der Waals surface area contributed by atoms with Crippen LogP contribution in [0.25, 0.3) is 0 Å². The summed E-state index contributed by atoms with van der Waals surface area (Å²) in [5, 5.41) is 3.92. The van der Waals surface area contributed by atoms with Gasteiger partial charge in [-0.2, -0.15) is 5.10 Å². The van der Waals surface area contributed by atoms with Gasteiger partial charge in [0.25, 0.3) is 0 Å². The topological polar surface area (TPSA) is 57.0 Å². The van der Waals surface area contributed by atoms with Crippen LogP contribution >= 0.6 is 15.9 Å². The average Bonchev–Trinajstić information content (AvgIpc) is 2.85. The number of aromatic nitrogens is 3. The molecule has 0 atom stereocenters. The fraction of sp³-hybridized carbons (Fsp3) is 0.250. The van der Waals surface area contributed by atoms with Crippen molar-refractivity contribution in [2.75, 3.05) is 6.61 Å². The van der Waals surface area contributed by atoms with E-state index in [1.807, 2.05) is 19.1 Å². The van der Waals surface area contributed by atoms with Crippen molar-refractivity contribution in [3.05, 3.63) is 46.5 Å². The van der Waals surface area contributed by atoms with Crippen LogP contribution in [0, 0.1) is 6.92 Å². The predicted molar refractivity (Wildman–Crippen MR) is 69.2 cm³/mol. The Morgan fingerprint density at radius 3 is 3.06 bits per heavy atom. The SMILES string of the molecule is Cc1ccc(Br)cc1C(=O)OCCn1cncn1. The summed E-state index contributed by atoms with van der Waals surface area (Å²) >= 11 is 3.33. The van der Waals surface area contributed by atoms with Gasteiger partial charge >= 0.3 is 5.97 Å². The summed E-state index contributed by atoms with van der Waals surface area (Å²) in [6.07, 6.45) is 3.03. The molecule has 0 radical (unpaired) electrons. The van der Waals surface area contributed by atoms with Crippen LogP contribution < -0.4 is 0 Å². The van der Waals surface area contributed by atoms with Gasteiger partial charge in [-0.25, -0.2) is 14.5 Å². The highest BCUT2D eigenvalue weighted by Gasteiger charge is 2.10. The molecule has 0 aliphatic carbocycles. The van der Waals surface area contributed by atoms with Gasteiger partial charge < -0.3 is 4.74 Å². The van der Waals surface area contributed by atoms with E-state index in [1.165, 1.54) is 6.33 Å². The molecule has 5 nitrogen and oxygen atoms in total. The highest BCUT2D eigenvalue weighted by Crippen LogP contribution is 2.16. The molecule has 0 bridgehead atoms. The lowest BCUT2D eigenvalue weighted by molar-refractivity contribution is 0.0486. The maximum atomic E-state index is 11.9. The molecule has 6 heteroatoms. The minimum absolute atomic E-state index is 0.272. The Morgan fingerprint density at radius 2 is 2.33 bits per heavy atom. The molecular formula is C12H12BrN3O2. The molecule has 1 heterocycles. The molecule has 0 saturated heterocycles. The number of hydrogen-bond acceptors (Lipinski definition) is 4. The van der Waals surface area contributed by atoms with Crippen molar-refractivity contribution in [2.24, 2.45) is 0 Å². The van der Waals surface area contributed by atoms with E-state index in [1.54, 1.807) is 17.1 Å². The van der Waals surface area contributed by atoms with Crippen molar-refractivity contribution in [3.63, 3.8) is 0 Å². The molecule has 0 amide bonds. The Kier molecular flexibility index (Phi) is 4.09. The average molecular weight is 310 g/mol. The zero-order chi connectivity index (χ0) is 13.0. The maximum Gasteiger partial charge on any atom is 0.338 e. The summed E-state index contributed by atoms with van der Waals surface area (Å²) in [5.41, 5.74) is 1.46. The second-order valence-electron chi connectivity index (χ2n) is 3.75. The second kappa shape index (κ2) is 5.77. The van der Waals surface area contributed by atoms with E-state index in [0.29, 0.717) is 12.1 Å². The number of rotatable bonds is 4. The minimum Gasteiger partial charge on any atom is -0.460 e. The van der Waals surface area contributed by atoms with Crippen LogP contribution in [-0.4, -0.2) is 27.3 Å². The summed E-state index contributed by atoms with van der Waals surface area (Å²) in [7, 11) is 0. The van der Waals surface area contributed by atoms with Crippen LogP contribution in [0.15, 0.2) is 35.3 Å². The van der Waals surface area contributed by atoms with Crippen LogP contribution in [0.3, 0.4) is 0 Å². The van der Waals surface area contributed by atoms with Gasteiger partial charge in [0, 0.05) is 4.47 Å². The smallest absolute Gasteiger partial charge is 0.338 e. The lowest BCUT2D eigenvalue weighted by Crippen LogP contribution is -2.12. The third kappa shape index (κ3) is 3.16. The highest BCUT2D eigenvalue weighted by atomic mass is 79.9. The Labute approximate surface area is 113 Å². The van der Waals surface area contributed by atoms with Crippen molar-refractivity contribution in [1.29, 1.82) is 0 Å². The Morgan fingerprint density at radius 1 is 1.50 bits per heavy atom. The Hall–Kier alpha value is -1.69. The molecule has 94 valence electrons. The third-order valence-corrected chi connectivity index (χ3v) is 2.93. The van der Waals surface area contributed by atoms with Gasteiger partial charge in [0.05, 0.1) is 12.1 Å². The summed E-state index contributed by atoms with van der Waals surface area (Å²) < 4.78 is 7.66. The largest absolute Gasteiger partial charge is 0.460 e. The molecule has 1 aromatic carbocycles. The molecule has 0 saturated carbocycles. The minimum atomic E-state index is -0.325. The van der Waals surface area contributed by atoms with E-state index in [2.05, 4.69) is 26.0 Å². The zero-order valence-corrected chi connectivity index (χ0v) is 11.4. The number of carbonyl (C=O) groups excluding carboxylic acids is 1. The molecule has 0 spiro atoms. The van der Waals surface area contributed by atoms with Crippen molar-refractivity contribution in [2.45, 2.75) is 13.5 Å². The van der Waals surface area contributed by atoms with Crippen molar-refractivity contribution in [1.82, 2.24) is 14.8 Å².